The Morgan fingerprint density at radius 1 is 1.27 bits per heavy atom. The van der Waals surface area contributed by atoms with Crippen molar-refractivity contribution in [2.75, 3.05) is 0 Å². The molecule has 2 aromatic heterocycles. The molecule has 1 N–H and O–H groups in total. The molecule has 0 saturated heterocycles. The molecule has 0 spiro atoms. The van der Waals surface area contributed by atoms with Crippen molar-refractivity contribution >= 4 is 15.9 Å². The van der Waals surface area contributed by atoms with Gasteiger partial charge in [-0.15, -0.1) is 0 Å². The maximum absolute atomic E-state index is 8.80. The zero-order valence-corrected chi connectivity index (χ0v) is 9.42. The average molecular weight is 269 g/mol. The van der Waals surface area contributed by atoms with Gasteiger partial charge in [-0.25, -0.2) is 0 Å². The molecule has 0 atom stereocenters. The summed E-state index contributed by atoms with van der Waals surface area (Å²) in [5.41, 5.74) is 1.38. The molecular weight excluding hydrogens is 260 g/mol. The van der Waals surface area contributed by atoms with Crippen molar-refractivity contribution in [1.82, 2.24) is 20.0 Å². The molecule has 6 heteroatoms. The van der Waals surface area contributed by atoms with Gasteiger partial charge < -0.3 is 5.11 Å². The fourth-order valence-corrected chi connectivity index (χ4v) is 1.47. The molecule has 2 heterocycles. The predicted molar refractivity (Wildman–Crippen MR) is 57.0 cm³/mol. The summed E-state index contributed by atoms with van der Waals surface area (Å²) < 4.78 is 2.69. The first-order valence-corrected chi connectivity index (χ1v) is 5.17. The third-order valence-corrected chi connectivity index (χ3v) is 2.27. The molecule has 0 saturated carbocycles. The molecule has 0 amide bonds. The predicted octanol–water partition coefficient (Wildman–Crippen LogP) is 0.976. The highest BCUT2D eigenvalue weighted by atomic mass is 79.9. The minimum atomic E-state index is -0.0827. The van der Waals surface area contributed by atoms with E-state index in [4.69, 9.17) is 5.11 Å². The van der Waals surface area contributed by atoms with Crippen LogP contribution < -0.4 is 0 Å². The highest BCUT2D eigenvalue weighted by molar-refractivity contribution is 9.10. The van der Waals surface area contributed by atoms with Crippen LogP contribution in [0.5, 0.6) is 0 Å². The van der Waals surface area contributed by atoms with E-state index in [1.165, 1.54) is 0 Å². The van der Waals surface area contributed by atoms with Crippen LogP contribution in [-0.4, -0.2) is 25.1 Å². The Bertz CT molecular complexity index is 440. The SMILES string of the molecule is OCc1ccc(Cn2cc(Br)cn2)nn1. The summed E-state index contributed by atoms with van der Waals surface area (Å²) in [5.74, 6) is 0. The van der Waals surface area contributed by atoms with Crippen LogP contribution in [0.15, 0.2) is 29.0 Å². The summed E-state index contributed by atoms with van der Waals surface area (Å²) in [5, 5.41) is 20.7. The maximum Gasteiger partial charge on any atom is 0.0885 e. The maximum atomic E-state index is 8.80. The molecule has 0 aliphatic rings. The van der Waals surface area contributed by atoms with Gasteiger partial charge in [0.2, 0.25) is 0 Å². The lowest BCUT2D eigenvalue weighted by molar-refractivity contribution is 0.275. The zero-order chi connectivity index (χ0) is 10.7. The largest absolute Gasteiger partial charge is 0.390 e. The molecule has 0 radical (unpaired) electrons. The highest BCUT2D eigenvalue weighted by Crippen LogP contribution is 2.07. The number of aliphatic hydroxyl groups is 1. The number of aromatic nitrogens is 4. The minimum Gasteiger partial charge on any atom is -0.390 e. The van der Waals surface area contributed by atoms with E-state index in [0.29, 0.717) is 12.2 Å². The second-order valence-electron chi connectivity index (χ2n) is 3.03. The van der Waals surface area contributed by atoms with Crippen LogP contribution in [0.3, 0.4) is 0 Å². The van der Waals surface area contributed by atoms with Gasteiger partial charge in [0.25, 0.3) is 0 Å². The van der Waals surface area contributed by atoms with E-state index in [1.54, 1.807) is 16.9 Å². The van der Waals surface area contributed by atoms with E-state index in [1.807, 2.05) is 12.3 Å². The summed E-state index contributed by atoms with van der Waals surface area (Å²) in [6, 6.07) is 3.58. The van der Waals surface area contributed by atoms with Crippen LogP contribution in [0.25, 0.3) is 0 Å². The van der Waals surface area contributed by atoms with Crippen molar-refractivity contribution in [2.45, 2.75) is 13.2 Å². The Morgan fingerprint density at radius 3 is 2.53 bits per heavy atom. The molecular formula is C9H9BrN4O. The van der Waals surface area contributed by atoms with Gasteiger partial charge in [-0.3, -0.25) is 4.68 Å². The Hall–Kier alpha value is -1.27. The van der Waals surface area contributed by atoms with Crippen molar-refractivity contribution in [3.05, 3.63) is 40.4 Å². The lowest BCUT2D eigenvalue weighted by atomic mass is 10.3. The number of halogens is 1. The van der Waals surface area contributed by atoms with Gasteiger partial charge >= 0.3 is 0 Å². The molecule has 0 fully saturated rings. The van der Waals surface area contributed by atoms with Crippen molar-refractivity contribution in [3.8, 4) is 0 Å². The molecule has 78 valence electrons. The quantitative estimate of drug-likeness (QED) is 0.902. The van der Waals surface area contributed by atoms with Crippen molar-refractivity contribution in [3.63, 3.8) is 0 Å². The first-order chi connectivity index (χ1) is 7.28. The molecule has 0 bridgehead atoms. The molecule has 2 rings (SSSR count). The van der Waals surface area contributed by atoms with Crippen molar-refractivity contribution in [2.24, 2.45) is 0 Å². The van der Waals surface area contributed by atoms with Crippen LogP contribution in [0.2, 0.25) is 0 Å². The van der Waals surface area contributed by atoms with E-state index in [2.05, 4.69) is 31.2 Å². The lowest BCUT2D eigenvalue weighted by Crippen LogP contribution is -2.04. The van der Waals surface area contributed by atoms with Gasteiger partial charge in [0, 0.05) is 6.20 Å². The summed E-state index contributed by atoms with van der Waals surface area (Å²) in [6.07, 6.45) is 3.58. The summed E-state index contributed by atoms with van der Waals surface area (Å²) >= 11 is 3.32. The summed E-state index contributed by atoms with van der Waals surface area (Å²) in [6.45, 7) is 0.491. The summed E-state index contributed by atoms with van der Waals surface area (Å²) in [4.78, 5) is 0. The normalized spacial score (nSPS) is 10.5. The molecule has 15 heavy (non-hydrogen) atoms. The standard InChI is InChI=1S/C9H9BrN4O/c10-7-3-11-14(4-7)5-8-1-2-9(6-15)13-12-8/h1-4,15H,5-6H2. The molecule has 0 unspecified atom stereocenters. The van der Waals surface area contributed by atoms with Crippen LogP contribution in [0.4, 0.5) is 0 Å². The topological polar surface area (TPSA) is 63.8 Å². The van der Waals surface area contributed by atoms with E-state index in [-0.39, 0.29) is 6.61 Å². The molecule has 5 nitrogen and oxygen atoms in total. The second kappa shape index (κ2) is 4.50. The Kier molecular flexibility index (Phi) is 3.08. The first kappa shape index (κ1) is 10.3. The van der Waals surface area contributed by atoms with Crippen LogP contribution in [0, 0.1) is 0 Å². The smallest absolute Gasteiger partial charge is 0.0885 e. The number of aliphatic hydroxyl groups excluding tert-OH is 1. The highest BCUT2D eigenvalue weighted by Gasteiger charge is 2.00. The minimum absolute atomic E-state index is 0.0827. The van der Waals surface area contributed by atoms with Gasteiger partial charge in [0.05, 0.1) is 35.2 Å². The first-order valence-electron chi connectivity index (χ1n) is 4.38. The van der Waals surface area contributed by atoms with Crippen LogP contribution in [0.1, 0.15) is 11.4 Å². The third-order valence-electron chi connectivity index (χ3n) is 1.86. The van der Waals surface area contributed by atoms with Crippen molar-refractivity contribution < 1.29 is 5.11 Å². The second-order valence-corrected chi connectivity index (χ2v) is 3.95. The van der Waals surface area contributed by atoms with Gasteiger partial charge in [0.1, 0.15) is 0 Å². The molecule has 2 aromatic rings. The molecule has 0 aromatic carbocycles. The van der Waals surface area contributed by atoms with E-state index < -0.39 is 0 Å². The van der Waals surface area contributed by atoms with Gasteiger partial charge in [-0.1, -0.05) is 0 Å². The van der Waals surface area contributed by atoms with Gasteiger partial charge in [-0.2, -0.15) is 15.3 Å². The Labute approximate surface area is 94.9 Å². The zero-order valence-electron chi connectivity index (χ0n) is 7.84. The number of rotatable bonds is 3. The number of hydrogen-bond donors (Lipinski definition) is 1. The van der Waals surface area contributed by atoms with Crippen LogP contribution >= 0.6 is 15.9 Å². The number of nitrogens with zero attached hydrogens (tertiary/aromatic N) is 4. The fraction of sp³-hybridized carbons (Fsp3) is 0.222. The Balaban J connectivity index is 2.11. The molecule has 0 aliphatic heterocycles. The van der Waals surface area contributed by atoms with Crippen LogP contribution in [-0.2, 0) is 13.2 Å². The van der Waals surface area contributed by atoms with E-state index >= 15 is 0 Å². The average Bonchev–Trinajstić information content (AvgIpc) is 2.65. The van der Waals surface area contributed by atoms with E-state index in [0.717, 1.165) is 10.2 Å². The van der Waals surface area contributed by atoms with E-state index in [9.17, 15) is 0 Å². The monoisotopic (exact) mass is 268 g/mol. The van der Waals surface area contributed by atoms with Gasteiger partial charge in [0.15, 0.2) is 0 Å². The fourth-order valence-electron chi connectivity index (χ4n) is 1.15. The Morgan fingerprint density at radius 2 is 2.00 bits per heavy atom. The number of hydrogen-bond acceptors (Lipinski definition) is 4. The lowest BCUT2D eigenvalue weighted by Gasteiger charge is -2.00. The third kappa shape index (κ3) is 2.60. The summed E-state index contributed by atoms with van der Waals surface area (Å²) in [7, 11) is 0. The molecule has 0 aliphatic carbocycles. The van der Waals surface area contributed by atoms with Gasteiger partial charge in [-0.05, 0) is 28.1 Å². The van der Waals surface area contributed by atoms with Crippen molar-refractivity contribution in [1.29, 1.82) is 0 Å².